The maximum Gasteiger partial charge on any atom is 0.251 e. The van der Waals surface area contributed by atoms with E-state index in [9.17, 15) is 17.6 Å². The van der Waals surface area contributed by atoms with Gasteiger partial charge in [-0.3, -0.25) is 9.36 Å². The van der Waals surface area contributed by atoms with Crippen LogP contribution in [0.3, 0.4) is 0 Å². The zero-order valence-electron chi connectivity index (χ0n) is 20.4. The van der Waals surface area contributed by atoms with Crippen LogP contribution in [0.15, 0.2) is 71.8 Å². The lowest BCUT2D eigenvalue weighted by molar-refractivity contribution is 0.0907. The Kier molecular flexibility index (Phi) is 6.91. The van der Waals surface area contributed by atoms with Crippen molar-refractivity contribution >= 4 is 15.9 Å². The maximum absolute atomic E-state index is 14.9. The van der Waals surface area contributed by atoms with Gasteiger partial charge in [-0.05, 0) is 62.2 Å². The summed E-state index contributed by atoms with van der Waals surface area (Å²) in [5, 5.41) is 16.8. The molecule has 2 aromatic heterocycles. The Labute approximate surface area is 218 Å². The number of primary sulfonamides is 1. The van der Waals surface area contributed by atoms with Crippen molar-refractivity contribution in [3.05, 3.63) is 84.1 Å². The Morgan fingerprint density at radius 2 is 1.92 bits per heavy atom. The number of para-hydroxylation sites is 1. The van der Waals surface area contributed by atoms with Crippen LogP contribution in [0.4, 0.5) is 4.39 Å². The molecule has 1 aliphatic carbocycles. The second kappa shape index (κ2) is 10.3. The van der Waals surface area contributed by atoms with E-state index >= 15 is 0 Å². The van der Waals surface area contributed by atoms with Crippen LogP contribution < -0.4 is 15.2 Å². The van der Waals surface area contributed by atoms with Crippen molar-refractivity contribution in [2.45, 2.75) is 36.6 Å². The zero-order valence-corrected chi connectivity index (χ0v) is 21.2. The summed E-state index contributed by atoms with van der Waals surface area (Å²) >= 11 is 0. The molecule has 3 N–H and O–H groups in total. The van der Waals surface area contributed by atoms with Crippen molar-refractivity contribution in [2.24, 2.45) is 5.14 Å². The summed E-state index contributed by atoms with van der Waals surface area (Å²) in [4.78, 5) is 17.0. The third kappa shape index (κ3) is 5.13. The van der Waals surface area contributed by atoms with E-state index in [0.717, 1.165) is 0 Å². The van der Waals surface area contributed by atoms with Gasteiger partial charge in [-0.2, -0.15) is 0 Å². The van der Waals surface area contributed by atoms with Gasteiger partial charge in [0.15, 0.2) is 5.82 Å². The summed E-state index contributed by atoms with van der Waals surface area (Å²) in [6.45, 7) is 2.39. The van der Waals surface area contributed by atoms with Gasteiger partial charge < -0.3 is 10.1 Å². The molecule has 0 radical (unpaired) electrons. The van der Waals surface area contributed by atoms with Gasteiger partial charge in [-0.25, -0.2) is 22.9 Å². The molecule has 0 aliphatic heterocycles. The number of carbonyl (C=O) groups is 1. The number of ether oxygens (including phenoxy) is 1. The molecule has 1 aliphatic rings. The summed E-state index contributed by atoms with van der Waals surface area (Å²) in [7, 11) is -3.93. The number of nitrogens with zero attached hydrogens (tertiary/aromatic N) is 4. The molecule has 4 aromatic rings. The van der Waals surface area contributed by atoms with Crippen LogP contribution in [-0.2, 0) is 10.0 Å². The van der Waals surface area contributed by atoms with E-state index < -0.39 is 21.7 Å². The first-order chi connectivity index (χ1) is 18.2. The number of nitrogens with one attached hydrogen (secondary N) is 1. The largest absolute Gasteiger partial charge is 0.492 e. The molecular formula is C26H25FN6O4S. The van der Waals surface area contributed by atoms with E-state index in [-0.39, 0.29) is 22.4 Å². The van der Waals surface area contributed by atoms with Gasteiger partial charge in [0.05, 0.1) is 23.4 Å². The van der Waals surface area contributed by atoms with Crippen LogP contribution in [0, 0.1) is 5.82 Å². The standard InChI is InChI=1S/C26H25FN6O4S/c1-2-37-19-10-11-22(29-15-19)25-32-31-24(33(25)23-9-4-3-8-21(23)27)17-12-18(13-17)30-26(34)16-6-5-7-20(14-16)38(28,35)36/h3-11,14-15,17-18H,2,12-13H2,1H3,(H,30,34)(H2,28,35,36)/t17-,18-. The number of nitrogens with two attached hydrogens (primary N) is 1. The fourth-order valence-electron chi connectivity index (χ4n) is 4.39. The zero-order chi connectivity index (χ0) is 26.9. The van der Waals surface area contributed by atoms with Gasteiger partial charge >= 0.3 is 0 Å². The van der Waals surface area contributed by atoms with Crippen LogP contribution in [0.2, 0.25) is 0 Å². The average Bonchev–Trinajstić information content (AvgIpc) is 3.30. The molecule has 2 aromatic carbocycles. The van der Waals surface area contributed by atoms with Gasteiger partial charge in [-0.15, -0.1) is 10.2 Å². The predicted octanol–water partition coefficient (Wildman–Crippen LogP) is 3.19. The van der Waals surface area contributed by atoms with Gasteiger partial charge in [-0.1, -0.05) is 18.2 Å². The number of rotatable bonds is 8. The average molecular weight is 537 g/mol. The number of aromatic nitrogens is 4. The summed E-state index contributed by atoms with van der Waals surface area (Å²) in [6, 6.07) is 15.3. The molecule has 0 saturated heterocycles. The van der Waals surface area contributed by atoms with Gasteiger partial charge in [0.2, 0.25) is 10.0 Å². The van der Waals surface area contributed by atoms with Crippen LogP contribution >= 0.6 is 0 Å². The summed E-state index contributed by atoms with van der Waals surface area (Å²) < 4.78 is 45.3. The summed E-state index contributed by atoms with van der Waals surface area (Å²) in [5.74, 6) is 0.622. The Hall–Kier alpha value is -4.16. The van der Waals surface area contributed by atoms with E-state index in [0.29, 0.717) is 48.2 Å². The van der Waals surface area contributed by atoms with Crippen molar-refractivity contribution in [3.8, 4) is 23.0 Å². The van der Waals surface area contributed by atoms with Crippen LogP contribution in [0.25, 0.3) is 17.2 Å². The lowest BCUT2D eigenvalue weighted by atomic mass is 9.79. The number of carbonyl (C=O) groups excluding carboxylic acids is 1. The summed E-state index contributed by atoms with van der Waals surface area (Å²) in [5.41, 5.74) is 0.998. The number of hydrogen-bond acceptors (Lipinski definition) is 7. The maximum atomic E-state index is 14.9. The number of pyridine rings is 1. The Balaban J connectivity index is 1.38. The number of hydrogen-bond donors (Lipinski definition) is 2. The van der Waals surface area contributed by atoms with Gasteiger partial charge in [0.25, 0.3) is 5.91 Å². The second-order valence-corrected chi connectivity index (χ2v) is 10.5. The highest BCUT2D eigenvalue weighted by Crippen LogP contribution is 2.39. The Bertz CT molecular complexity index is 1580. The molecule has 1 saturated carbocycles. The molecule has 1 fully saturated rings. The topological polar surface area (TPSA) is 142 Å². The number of halogens is 1. The van der Waals surface area contributed by atoms with E-state index in [1.54, 1.807) is 41.1 Å². The molecule has 10 nitrogen and oxygen atoms in total. The molecule has 0 bridgehead atoms. The van der Waals surface area contributed by atoms with Crippen molar-refractivity contribution in [1.29, 1.82) is 0 Å². The minimum absolute atomic E-state index is 0.0976. The minimum atomic E-state index is -3.93. The highest BCUT2D eigenvalue weighted by molar-refractivity contribution is 7.89. The van der Waals surface area contributed by atoms with Crippen LogP contribution in [0.1, 0.15) is 41.9 Å². The first-order valence-electron chi connectivity index (χ1n) is 12.0. The van der Waals surface area contributed by atoms with E-state index in [1.165, 1.54) is 30.3 Å². The summed E-state index contributed by atoms with van der Waals surface area (Å²) in [6.07, 6.45) is 2.67. The van der Waals surface area contributed by atoms with E-state index in [4.69, 9.17) is 9.88 Å². The number of benzene rings is 2. The molecule has 0 atom stereocenters. The van der Waals surface area contributed by atoms with Crippen molar-refractivity contribution < 1.29 is 22.3 Å². The highest BCUT2D eigenvalue weighted by Gasteiger charge is 2.36. The normalized spacial score (nSPS) is 17.0. The monoisotopic (exact) mass is 536 g/mol. The predicted molar refractivity (Wildman–Crippen MR) is 137 cm³/mol. The molecule has 0 unspecified atom stereocenters. The number of sulfonamides is 1. The highest BCUT2D eigenvalue weighted by atomic mass is 32.2. The first-order valence-corrected chi connectivity index (χ1v) is 13.5. The van der Waals surface area contributed by atoms with Crippen molar-refractivity contribution in [3.63, 3.8) is 0 Å². The third-order valence-corrected chi connectivity index (χ3v) is 7.23. The Morgan fingerprint density at radius 3 is 2.61 bits per heavy atom. The lowest BCUT2D eigenvalue weighted by Gasteiger charge is -2.35. The molecule has 12 heteroatoms. The van der Waals surface area contributed by atoms with Crippen molar-refractivity contribution in [1.82, 2.24) is 25.1 Å². The van der Waals surface area contributed by atoms with E-state index in [2.05, 4.69) is 20.5 Å². The molecule has 0 spiro atoms. The molecule has 196 valence electrons. The molecule has 38 heavy (non-hydrogen) atoms. The minimum Gasteiger partial charge on any atom is -0.492 e. The molecule has 2 heterocycles. The first kappa shape index (κ1) is 25.5. The quantitative estimate of drug-likeness (QED) is 0.352. The van der Waals surface area contributed by atoms with Crippen molar-refractivity contribution in [2.75, 3.05) is 6.61 Å². The molecule has 5 rings (SSSR count). The second-order valence-electron chi connectivity index (χ2n) is 8.89. The van der Waals surface area contributed by atoms with Gasteiger partial charge in [0.1, 0.15) is 23.1 Å². The van der Waals surface area contributed by atoms with Crippen LogP contribution in [0.5, 0.6) is 5.75 Å². The fourth-order valence-corrected chi connectivity index (χ4v) is 4.95. The fraction of sp³-hybridized carbons (Fsp3) is 0.231. The lowest BCUT2D eigenvalue weighted by Crippen LogP contribution is -2.44. The SMILES string of the molecule is CCOc1ccc(-c2nnc([C@H]3C[C@H](NC(=O)c4cccc(S(N)(=O)=O)c4)C3)n2-c2ccccc2F)nc1. The van der Waals surface area contributed by atoms with Gasteiger partial charge in [0, 0.05) is 17.5 Å². The van der Waals surface area contributed by atoms with Crippen LogP contribution in [-0.4, -0.2) is 46.7 Å². The molecule has 1 amide bonds. The number of amides is 1. The molecular weight excluding hydrogens is 511 g/mol. The Morgan fingerprint density at radius 1 is 1.13 bits per heavy atom. The third-order valence-electron chi connectivity index (χ3n) is 6.32. The smallest absolute Gasteiger partial charge is 0.251 e. The van der Waals surface area contributed by atoms with E-state index in [1.807, 2.05) is 6.92 Å².